The van der Waals surface area contributed by atoms with Gasteiger partial charge in [-0.2, -0.15) is 0 Å². The highest BCUT2D eigenvalue weighted by Crippen LogP contribution is 2.26. The lowest BCUT2D eigenvalue weighted by Gasteiger charge is -2.40. The van der Waals surface area contributed by atoms with Crippen molar-refractivity contribution in [3.05, 3.63) is 64.4 Å². The molecule has 164 valence electrons. The van der Waals surface area contributed by atoms with E-state index >= 15 is 0 Å². The first-order valence-corrected chi connectivity index (χ1v) is 10.7. The molecule has 0 aromatic heterocycles. The maximum atomic E-state index is 13.3. The molecule has 6 nitrogen and oxygen atoms in total. The maximum absolute atomic E-state index is 13.3. The summed E-state index contributed by atoms with van der Waals surface area (Å²) in [6, 6.07) is 10.8. The van der Waals surface area contributed by atoms with Crippen molar-refractivity contribution in [1.29, 1.82) is 0 Å². The van der Waals surface area contributed by atoms with Crippen molar-refractivity contribution in [3.8, 4) is 5.75 Å². The fraction of sp³-hybridized carbons (Fsp3) is 0.391. The lowest BCUT2D eigenvalue weighted by Crippen LogP contribution is -2.59. The first-order chi connectivity index (χ1) is 15.0. The third-order valence-electron chi connectivity index (χ3n) is 5.93. The van der Waals surface area contributed by atoms with Gasteiger partial charge in [0.1, 0.15) is 17.6 Å². The van der Waals surface area contributed by atoms with Crippen molar-refractivity contribution in [2.24, 2.45) is 0 Å². The minimum Gasteiger partial charge on any atom is -0.496 e. The zero-order valence-corrected chi connectivity index (χ0v) is 18.1. The zero-order valence-electron chi connectivity index (χ0n) is 17.4. The number of carbonyl (C=O) groups excluding carboxylic acids is 2. The van der Waals surface area contributed by atoms with Gasteiger partial charge < -0.3 is 14.5 Å². The predicted octanol–water partition coefficient (Wildman–Crippen LogP) is 3.05. The smallest absolute Gasteiger partial charge is 0.257 e. The van der Waals surface area contributed by atoms with Crippen LogP contribution in [0.2, 0.25) is 5.02 Å². The molecule has 0 radical (unpaired) electrons. The van der Waals surface area contributed by atoms with Crippen molar-refractivity contribution in [3.63, 3.8) is 0 Å². The Morgan fingerprint density at radius 2 is 1.90 bits per heavy atom. The Hall–Kier alpha value is -2.64. The van der Waals surface area contributed by atoms with Crippen LogP contribution >= 0.6 is 11.6 Å². The summed E-state index contributed by atoms with van der Waals surface area (Å²) in [6.45, 7) is 3.43. The lowest BCUT2D eigenvalue weighted by molar-refractivity contribution is -0.142. The molecule has 0 N–H and O–H groups in total. The Kier molecular flexibility index (Phi) is 6.43. The highest BCUT2D eigenvalue weighted by Gasteiger charge is 2.38. The highest BCUT2D eigenvalue weighted by molar-refractivity contribution is 6.31. The van der Waals surface area contributed by atoms with Crippen molar-refractivity contribution in [2.45, 2.75) is 19.0 Å². The first kappa shape index (κ1) is 21.6. The normalized spacial score (nSPS) is 19.7. The molecule has 8 heteroatoms. The summed E-state index contributed by atoms with van der Waals surface area (Å²) in [5.41, 5.74) is 1.28. The van der Waals surface area contributed by atoms with E-state index in [-0.39, 0.29) is 17.6 Å². The number of benzene rings is 2. The zero-order chi connectivity index (χ0) is 22.0. The Bertz CT molecular complexity index is 969. The van der Waals surface area contributed by atoms with Crippen LogP contribution in [0.1, 0.15) is 22.3 Å². The summed E-state index contributed by atoms with van der Waals surface area (Å²) in [5, 5.41) is 0.458. The summed E-state index contributed by atoms with van der Waals surface area (Å²) in [5.74, 6) is -0.0318. The first-order valence-electron chi connectivity index (χ1n) is 10.4. The van der Waals surface area contributed by atoms with E-state index in [0.717, 1.165) is 25.1 Å². The number of ether oxygens (including phenoxy) is 1. The van der Waals surface area contributed by atoms with E-state index in [9.17, 15) is 14.0 Å². The van der Waals surface area contributed by atoms with Gasteiger partial charge in [-0.25, -0.2) is 4.39 Å². The van der Waals surface area contributed by atoms with Crippen LogP contribution < -0.4 is 4.74 Å². The van der Waals surface area contributed by atoms with Gasteiger partial charge in [-0.1, -0.05) is 23.7 Å². The average Bonchev–Trinajstić information content (AvgIpc) is 3.00. The van der Waals surface area contributed by atoms with Gasteiger partial charge in [0.05, 0.1) is 12.7 Å². The topological polar surface area (TPSA) is 53.1 Å². The van der Waals surface area contributed by atoms with E-state index in [1.165, 1.54) is 19.2 Å². The molecular weight excluding hydrogens is 421 g/mol. The second kappa shape index (κ2) is 9.24. The number of nitrogens with zero attached hydrogens (tertiary/aromatic N) is 3. The molecule has 2 heterocycles. The summed E-state index contributed by atoms with van der Waals surface area (Å²) >= 11 is 6.11. The predicted molar refractivity (Wildman–Crippen MR) is 116 cm³/mol. The second-order valence-electron chi connectivity index (χ2n) is 7.89. The number of hydrogen-bond acceptors (Lipinski definition) is 4. The number of hydrogen-bond donors (Lipinski definition) is 0. The fourth-order valence-electron chi connectivity index (χ4n) is 4.28. The van der Waals surface area contributed by atoms with Gasteiger partial charge in [0.15, 0.2) is 0 Å². The van der Waals surface area contributed by atoms with Gasteiger partial charge in [0, 0.05) is 44.3 Å². The monoisotopic (exact) mass is 445 g/mol. The minimum atomic E-state index is -0.397. The number of amides is 2. The maximum Gasteiger partial charge on any atom is 0.257 e. The van der Waals surface area contributed by atoms with Gasteiger partial charge in [-0.15, -0.1) is 0 Å². The molecule has 31 heavy (non-hydrogen) atoms. The SMILES string of the molecule is COc1ccc(Cl)cc1C(=O)N1CCCN2CCN(Cc3ccc(F)cc3)C(=O)C2C1. The van der Waals surface area contributed by atoms with Crippen LogP contribution in [-0.4, -0.2) is 72.4 Å². The molecule has 2 aromatic rings. The average molecular weight is 446 g/mol. The van der Waals surface area contributed by atoms with E-state index in [2.05, 4.69) is 4.90 Å². The van der Waals surface area contributed by atoms with Gasteiger partial charge in [-0.05, 0) is 42.3 Å². The molecule has 2 saturated heterocycles. The number of methoxy groups -OCH3 is 1. The quantitative estimate of drug-likeness (QED) is 0.726. The Morgan fingerprint density at radius 3 is 2.65 bits per heavy atom. The van der Waals surface area contributed by atoms with Gasteiger partial charge in [-0.3, -0.25) is 14.5 Å². The third kappa shape index (κ3) is 4.67. The van der Waals surface area contributed by atoms with Gasteiger partial charge in [0.25, 0.3) is 5.91 Å². The summed E-state index contributed by atoms with van der Waals surface area (Å²) in [4.78, 5) is 32.2. The van der Waals surface area contributed by atoms with Crippen LogP contribution in [0.3, 0.4) is 0 Å². The molecule has 0 spiro atoms. The van der Waals surface area contributed by atoms with Crippen LogP contribution in [0, 0.1) is 5.82 Å². The van der Waals surface area contributed by atoms with E-state index in [1.54, 1.807) is 40.1 Å². The van der Waals surface area contributed by atoms with E-state index < -0.39 is 6.04 Å². The Labute approximate surface area is 186 Å². The summed E-state index contributed by atoms with van der Waals surface area (Å²) in [6.07, 6.45) is 0.788. The number of piperazine rings is 1. The van der Waals surface area contributed by atoms with Gasteiger partial charge in [0.2, 0.25) is 5.91 Å². The van der Waals surface area contributed by atoms with Crippen molar-refractivity contribution in [1.82, 2.24) is 14.7 Å². The van der Waals surface area contributed by atoms with Crippen molar-refractivity contribution >= 4 is 23.4 Å². The number of halogens is 2. The summed E-state index contributed by atoms with van der Waals surface area (Å²) in [7, 11) is 1.52. The van der Waals surface area contributed by atoms with Crippen molar-refractivity contribution in [2.75, 3.05) is 39.8 Å². The standard InChI is InChI=1S/C23H25ClFN3O3/c1-31-21-8-5-17(24)13-19(21)22(29)27-10-2-9-26-11-12-28(23(30)20(26)15-27)14-16-3-6-18(25)7-4-16/h3-8,13,20H,2,9-12,14-15H2,1H3. The largest absolute Gasteiger partial charge is 0.496 e. The Morgan fingerprint density at radius 1 is 1.13 bits per heavy atom. The number of carbonyl (C=O) groups is 2. The van der Waals surface area contributed by atoms with Crippen LogP contribution in [0.25, 0.3) is 0 Å². The van der Waals surface area contributed by atoms with E-state index in [1.807, 2.05) is 0 Å². The fourth-order valence-corrected chi connectivity index (χ4v) is 4.45. The molecule has 2 aromatic carbocycles. The Balaban J connectivity index is 1.52. The van der Waals surface area contributed by atoms with E-state index in [4.69, 9.17) is 16.3 Å². The molecule has 0 bridgehead atoms. The van der Waals surface area contributed by atoms with Crippen LogP contribution in [0.5, 0.6) is 5.75 Å². The molecule has 0 saturated carbocycles. The number of fused-ring (bicyclic) bond motifs is 1. The van der Waals surface area contributed by atoms with Gasteiger partial charge >= 0.3 is 0 Å². The molecule has 2 amide bonds. The lowest BCUT2D eigenvalue weighted by atomic mass is 10.1. The molecule has 4 rings (SSSR count). The molecule has 1 atom stereocenters. The molecular formula is C23H25ClFN3O3. The number of rotatable bonds is 4. The minimum absolute atomic E-state index is 0.00617. The molecule has 2 aliphatic rings. The molecule has 1 unspecified atom stereocenters. The van der Waals surface area contributed by atoms with Crippen LogP contribution in [-0.2, 0) is 11.3 Å². The molecule has 0 aliphatic carbocycles. The van der Waals surface area contributed by atoms with Crippen LogP contribution in [0.4, 0.5) is 4.39 Å². The third-order valence-corrected chi connectivity index (χ3v) is 6.16. The molecule has 2 fully saturated rings. The second-order valence-corrected chi connectivity index (χ2v) is 8.32. The summed E-state index contributed by atoms with van der Waals surface area (Å²) < 4.78 is 18.5. The van der Waals surface area contributed by atoms with E-state index in [0.29, 0.717) is 42.5 Å². The molecule has 2 aliphatic heterocycles. The highest BCUT2D eigenvalue weighted by atomic mass is 35.5. The van der Waals surface area contributed by atoms with Crippen LogP contribution in [0.15, 0.2) is 42.5 Å². The van der Waals surface area contributed by atoms with Crippen molar-refractivity contribution < 1.29 is 18.7 Å².